The lowest BCUT2D eigenvalue weighted by Crippen LogP contribution is -2.31. The maximum Gasteiger partial charge on any atom is 0.242 e. The largest absolute Gasteiger partial charge is 0.384 e. The second-order valence-electron chi connectivity index (χ2n) is 4.78. The van der Waals surface area contributed by atoms with E-state index < -0.39 is 10.0 Å². The second-order valence-corrected chi connectivity index (χ2v) is 6.63. The van der Waals surface area contributed by atoms with Crippen molar-refractivity contribution in [1.82, 2.24) is 10.0 Å². The van der Waals surface area contributed by atoms with E-state index in [4.69, 9.17) is 0 Å². The molecule has 0 unspecified atom stereocenters. The highest BCUT2D eigenvalue weighted by Crippen LogP contribution is 2.21. The minimum Gasteiger partial charge on any atom is -0.384 e. The van der Waals surface area contributed by atoms with Gasteiger partial charge in [-0.1, -0.05) is 12.1 Å². The smallest absolute Gasteiger partial charge is 0.242 e. The zero-order valence-corrected chi connectivity index (χ0v) is 12.0. The van der Waals surface area contributed by atoms with Gasteiger partial charge >= 0.3 is 0 Å². The van der Waals surface area contributed by atoms with E-state index in [1.165, 1.54) is 7.05 Å². The first kappa shape index (κ1) is 14.3. The first-order valence-corrected chi connectivity index (χ1v) is 8.09. The normalized spacial score (nSPS) is 17.3. The molecule has 0 radical (unpaired) electrons. The zero-order chi connectivity index (χ0) is 13.7. The van der Waals surface area contributed by atoms with Crippen molar-refractivity contribution >= 4 is 15.7 Å². The number of benzene rings is 1. The third-order valence-electron chi connectivity index (χ3n) is 3.49. The Labute approximate surface area is 114 Å². The molecule has 0 aromatic heterocycles. The zero-order valence-electron chi connectivity index (χ0n) is 11.1. The number of nitrogens with one attached hydrogen (secondary N) is 3. The van der Waals surface area contributed by atoms with Crippen LogP contribution >= 0.6 is 0 Å². The van der Waals surface area contributed by atoms with Crippen molar-refractivity contribution in [2.45, 2.75) is 17.7 Å². The summed E-state index contributed by atoms with van der Waals surface area (Å²) in [5, 5.41) is 6.60. The summed E-state index contributed by atoms with van der Waals surface area (Å²) in [4.78, 5) is 0.312. The lowest BCUT2D eigenvalue weighted by Gasteiger charge is -2.23. The van der Waals surface area contributed by atoms with Gasteiger partial charge in [0.15, 0.2) is 0 Å². The molecule has 1 aliphatic rings. The van der Waals surface area contributed by atoms with Crippen LogP contribution in [0.4, 0.5) is 5.69 Å². The maximum atomic E-state index is 11.9. The van der Waals surface area contributed by atoms with Crippen molar-refractivity contribution in [3.63, 3.8) is 0 Å². The van der Waals surface area contributed by atoms with E-state index in [1.54, 1.807) is 12.1 Å². The van der Waals surface area contributed by atoms with Crippen LogP contribution in [0.3, 0.4) is 0 Å². The number of hydrogen-bond donors (Lipinski definition) is 3. The number of sulfonamides is 1. The van der Waals surface area contributed by atoms with Gasteiger partial charge in [0.25, 0.3) is 0 Å². The lowest BCUT2D eigenvalue weighted by molar-refractivity contribution is 0.389. The molecule has 0 saturated carbocycles. The van der Waals surface area contributed by atoms with Crippen LogP contribution in [0.25, 0.3) is 0 Å². The van der Waals surface area contributed by atoms with Crippen LogP contribution < -0.4 is 15.4 Å². The average Bonchev–Trinajstić information content (AvgIpc) is 2.46. The van der Waals surface area contributed by atoms with E-state index in [0.29, 0.717) is 16.5 Å². The number of hydrogen-bond acceptors (Lipinski definition) is 4. The summed E-state index contributed by atoms with van der Waals surface area (Å²) in [5.74, 6) is 0.603. The molecule has 1 saturated heterocycles. The van der Waals surface area contributed by atoms with Gasteiger partial charge in [-0.05, 0) is 51.0 Å². The predicted octanol–water partition coefficient (Wildman–Crippen LogP) is 1.01. The highest BCUT2D eigenvalue weighted by atomic mass is 32.2. The Hall–Kier alpha value is -1.11. The predicted molar refractivity (Wildman–Crippen MR) is 76.8 cm³/mol. The van der Waals surface area contributed by atoms with E-state index in [0.717, 1.165) is 32.5 Å². The van der Waals surface area contributed by atoms with Gasteiger partial charge in [-0.15, -0.1) is 0 Å². The molecule has 1 aliphatic heterocycles. The summed E-state index contributed by atoms with van der Waals surface area (Å²) in [6.45, 7) is 2.91. The molecule has 0 amide bonds. The Morgan fingerprint density at radius 3 is 2.63 bits per heavy atom. The maximum absolute atomic E-state index is 11.9. The van der Waals surface area contributed by atoms with Gasteiger partial charge < -0.3 is 10.6 Å². The summed E-state index contributed by atoms with van der Waals surface area (Å²) < 4.78 is 26.2. The summed E-state index contributed by atoms with van der Waals surface area (Å²) in [6, 6.07) is 7.02. The number of para-hydroxylation sites is 1. The van der Waals surface area contributed by atoms with Gasteiger partial charge in [-0.3, -0.25) is 0 Å². The van der Waals surface area contributed by atoms with Crippen LogP contribution in [0.1, 0.15) is 12.8 Å². The van der Waals surface area contributed by atoms with Crippen molar-refractivity contribution in [3.8, 4) is 0 Å². The van der Waals surface area contributed by atoms with Gasteiger partial charge in [0.2, 0.25) is 10.0 Å². The Balaban J connectivity index is 2.07. The molecule has 6 heteroatoms. The highest BCUT2D eigenvalue weighted by molar-refractivity contribution is 7.89. The van der Waals surface area contributed by atoms with E-state index in [9.17, 15) is 8.42 Å². The molecule has 2 rings (SSSR count). The summed E-state index contributed by atoms with van der Waals surface area (Å²) in [7, 11) is -1.98. The standard InChI is InChI=1S/C13H21N3O2S/c1-14-19(17,18)13-5-3-2-4-12(13)16-10-11-6-8-15-9-7-11/h2-5,11,14-16H,6-10H2,1H3. The van der Waals surface area contributed by atoms with Crippen molar-refractivity contribution in [1.29, 1.82) is 0 Å². The van der Waals surface area contributed by atoms with Gasteiger partial charge in [0.1, 0.15) is 4.90 Å². The molecule has 5 nitrogen and oxygen atoms in total. The molecule has 3 N–H and O–H groups in total. The lowest BCUT2D eigenvalue weighted by atomic mass is 9.98. The van der Waals surface area contributed by atoms with Crippen molar-refractivity contribution < 1.29 is 8.42 Å². The van der Waals surface area contributed by atoms with Crippen molar-refractivity contribution in [3.05, 3.63) is 24.3 Å². The molecule has 1 fully saturated rings. The first-order chi connectivity index (χ1) is 9.13. The van der Waals surface area contributed by atoms with E-state index >= 15 is 0 Å². The molecule has 1 heterocycles. The highest BCUT2D eigenvalue weighted by Gasteiger charge is 2.17. The molecule has 1 aromatic carbocycles. The fraction of sp³-hybridized carbons (Fsp3) is 0.538. The topological polar surface area (TPSA) is 70.2 Å². The summed E-state index contributed by atoms with van der Waals surface area (Å²) in [6.07, 6.45) is 2.27. The number of anilines is 1. The molecule has 19 heavy (non-hydrogen) atoms. The van der Waals surface area contributed by atoms with E-state index in [1.807, 2.05) is 12.1 Å². The average molecular weight is 283 g/mol. The van der Waals surface area contributed by atoms with Crippen LogP contribution in [-0.2, 0) is 10.0 Å². The van der Waals surface area contributed by atoms with E-state index in [2.05, 4.69) is 15.4 Å². The van der Waals surface area contributed by atoms with Crippen LogP contribution in [-0.4, -0.2) is 35.1 Å². The molecule has 106 valence electrons. The summed E-state index contributed by atoms with van der Waals surface area (Å²) in [5.41, 5.74) is 0.676. The fourth-order valence-corrected chi connectivity index (χ4v) is 3.20. The Morgan fingerprint density at radius 2 is 1.95 bits per heavy atom. The molecule has 0 atom stereocenters. The number of piperidine rings is 1. The van der Waals surface area contributed by atoms with Crippen molar-refractivity contribution in [2.75, 3.05) is 32.0 Å². The SMILES string of the molecule is CNS(=O)(=O)c1ccccc1NCC1CCNCC1. The fourth-order valence-electron chi connectivity index (χ4n) is 2.30. The van der Waals surface area contributed by atoms with Crippen LogP contribution in [0.2, 0.25) is 0 Å². The first-order valence-electron chi connectivity index (χ1n) is 6.60. The minimum atomic E-state index is -3.41. The van der Waals surface area contributed by atoms with Crippen LogP contribution in [0, 0.1) is 5.92 Å². The molecule has 0 aliphatic carbocycles. The quantitative estimate of drug-likeness (QED) is 0.754. The van der Waals surface area contributed by atoms with Gasteiger partial charge in [0.05, 0.1) is 5.69 Å². The van der Waals surface area contributed by atoms with Gasteiger partial charge in [0, 0.05) is 6.54 Å². The van der Waals surface area contributed by atoms with Crippen molar-refractivity contribution in [2.24, 2.45) is 5.92 Å². The van der Waals surface area contributed by atoms with Gasteiger partial charge in [-0.25, -0.2) is 13.1 Å². The molecule has 0 spiro atoms. The Morgan fingerprint density at radius 1 is 1.26 bits per heavy atom. The summed E-state index contributed by atoms with van der Waals surface area (Å²) >= 11 is 0. The molecular weight excluding hydrogens is 262 g/mol. The molecule has 1 aromatic rings. The number of rotatable bonds is 5. The van der Waals surface area contributed by atoms with Crippen LogP contribution in [0.15, 0.2) is 29.2 Å². The van der Waals surface area contributed by atoms with Gasteiger partial charge in [-0.2, -0.15) is 0 Å². The van der Waals surface area contributed by atoms with Crippen LogP contribution in [0.5, 0.6) is 0 Å². The third-order valence-corrected chi connectivity index (χ3v) is 4.96. The molecular formula is C13H21N3O2S. The van der Waals surface area contributed by atoms with E-state index in [-0.39, 0.29) is 0 Å². The Bertz CT molecular complexity index is 510. The minimum absolute atomic E-state index is 0.312. The second kappa shape index (κ2) is 6.36. The Kier molecular flexibility index (Phi) is 4.79. The monoisotopic (exact) mass is 283 g/mol. The third kappa shape index (κ3) is 3.68. The molecule has 0 bridgehead atoms.